The molecule has 1 fully saturated rings. The Labute approximate surface area is 201 Å². The van der Waals surface area contributed by atoms with E-state index in [2.05, 4.69) is 17.6 Å². The summed E-state index contributed by atoms with van der Waals surface area (Å²) in [7, 11) is 0. The van der Waals surface area contributed by atoms with Crippen LogP contribution in [0.1, 0.15) is 31.7 Å². The topological polar surface area (TPSA) is 90.4 Å². The van der Waals surface area contributed by atoms with Gasteiger partial charge >= 0.3 is 6.09 Å². The molecule has 1 aromatic heterocycles. The maximum Gasteiger partial charge on any atom is 0.407 e. The van der Waals surface area contributed by atoms with E-state index < -0.39 is 11.9 Å². The van der Waals surface area contributed by atoms with E-state index >= 15 is 0 Å². The molecule has 0 spiro atoms. The number of para-hydroxylation sites is 1. The maximum atomic E-state index is 13.6. The highest BCUT2D eigenvalue weighted by Gasteiger charge is 2.29. The molecule has 0 radical (unpaired) electrons. The van der Waals surface area contributed by atoms with Crippen molar-refractivity contribution in [2.45, 2.75) is 32.2 Å². The molecule has 1 saturated carbocycles. The fourth-order valence-corrected chi connectivity index (χ4v) is 4.48. The van der Waals surface area contributed by atoms with Crippen LogP contribution in [0.2, 0.25) is 5.02 Å². The van der Waals surface area contributed by atoms with Crippen molar-refractivity contribution in [2.24, 2.45) is 5.92 Å². The molecule has 1 aliphatic carbocycles. The van der Waals surface area contributed by atoms with E-state index in [1.807, 2.05) is 24.3 Å². The molecule has 0 bridgehead atoms. The second-order valence-corrected chi connectivity index (χ2v) is 9.24. The second-order valence-electron chi connectivity index (χ2n) is 8.83. The molecule has 2 heterocycles. The SMILES string of the molecule is C[C@@H](Nc1nc(Nc2ccc(F)c(Cl)c2)nc2c(C3=CCN(C(=O)O)CC3)cccc12)C1CC1. The number of amides is 1. The molecule has 2 aromatic carbocycles. The summed E-state index contributed by atoms with van der Waals surface area (Å²) in [6.07, 6.45) is 4.04. The van der Waals surface area contributed by atoms with Gasteiger partial charge in [-0.05, 0) is 61.9 Å². The Balaban J connectivity index is 1.57. The monoisotopic (exact) mass is 481 g/mol. The zero-order chi connectivity index (χ0) is 23.8. The number of fused-ring (bicyclic) bond motifs is 1. The van der Waals surface area contributed by atoms with Crippen LogP contribution in [0.5, 0.6) is 0 Å². The van der Waals surface area contributed by atoms with Crippen LogP contribution in [-0.2, 0) is 0 Å². The van der Waals surface area contributed by atoms with E-state index in [0.717, 1.165) is 27.9 Å². The highest BCUT2D eigenvalue weighted by molar-refractivity contribution is 6.31. The normalized spacial score (nSPS) is 16.8. The van der Waals surface area contributed by atoms with Gasteiger partial charge < -0.3 is 20.6 Å². The number of nitrogens with one attached hydrogen (secondary N) is 2. The quantitative estimate of drug-likeness (QED) is 0.391. The minimum Gasteiger partial charge on any atom is -0.465 e. The Morgan fingerprint density at radius 2 is 2.09 bits per heavy atom. The number of carboxylic acid groups (broad SMARTS) is 1. The smallest absolute Gasteiger partial charge is 0.407 e. The first-order valence-electron chi connectivity index (χ1n) is 11.4. The van der Waals surface area contributed by atoms with Crippen molar-refractivity contribution in [3.05, 3.63) is 58.9 Å². The van der Waals surface area contributed by atoms with E-state index in [-0.39, 0.29) is 11.1 Å². The van der Waals surface area contributed by atoms with Crippen molar-refractivity contribution >= 4 is 51.6 Å². The fraction of sp³-hybridized carbons (Fsp3) is 0.320. The van der Waals surface area contributed by atoms with Gasteiger partial charge in [-0.2, -0.15) is 4.98 Å². The molecule has 34 heavy (non-hydrogen) atoms. The van der Waals surface area contributed by atoms with E-state index in [4.69, 9.17) is 21.6 Å². The summed E-state index contributed by atoms with van der Waals surface area (Å²) in [6, 6.07) is 10.6. The lowest BCUT2D eigenvalue weighted by Gasteiger charge is -2.24. The van der Waals surface area contributed by atoms with Crippen LogP contribution in [0.15, 0.2) is 42.5 Å². The van der Waals surface area contributed by atoms with E-state index in [1.165, 1.54) is 29.9 Å². The number of rotatable bonds is 6. The summed E-state index contributed by atoms with van der Waals surface area (Å²) in [6.45, 7) is 2.94. The number of hydrogen-bond acceptors (Lipinski definition) is 5. The van der Waals surface area contributed by atoms with Crippen LogP contribution in [0.4, 0.5) is 26.6 Å². The van der Waals surface area contributed by atoms with Crippen LogP contribution in [0.3, 0.4) is 0 Å². The van der Waals surface area contributed by atoms with Gasteiger partial charge in [-0.3, -0.25) is 0 Å². The third-order valence-corrected chi connectivity index (χ3v) is 6.71. The molecule has 0 unspecified atom stereocenters. The van der Waals surface area contributed by atoms with Crippen LogP contribution >= 0.6 is 11.6 Å². The number of carbonyl (C=O) groups is 1. The zero-order valence-corrected chi connectivity index (χ0v) is 19.4. The molecule has 3 N–H and O–H groups in total. The van der Waals surface area contributed by atoms with Gasteiger partial charge in [0.1, 0.15) is 11.6 Å². The van der Waals surface area contributed by atoms with E-state index in [0.29, 0.717) is 37.1 Å². The van der Waals surface area contributed by atoms with Crippen LogP contribution in [-0.4, -0.2) is 45.2 Å². The summed E-state index contributed by atoms with van der Waals surface area (Å²) in [5, 5.41) is 16.9. The number of benzene rings is 2. The third-order valence-electron chi connectivity index (χ3n) is 6.42. The minimum absolute atomic E-state index is 0.0162. The summed E-state index contributed by atoms with van der Waals surface area (Å²) in [5.74, 6) is 1.24. The van der Waals surface area contributed by atoms with Gasteiger partial charge in [0.15, 0.2) is 0 Å². The van der Waals surface area contributed by atoms with Crippen LogP contribution < -0.4 is 10.6 Å². The fourth-order valence-electron chi connectivity index (χ4n) is 4.30. The molecular weight excluding hydrogens is 457 g/mol. The molecule has 0 saturated heterocycles. The van der Waals surface area contributed by atoms with Crippen molar-refractivity contribution in [3.63, 3.8) is 0 Å². The van der Waals surface area contributed by atoms with Crippen LogP contribution in [0.25, 0.3) is 16.5 Å². The summed E-state index contributed by atoms with van der Waals surface area (Å²) in [5.41, 5.74) is 3.36. The number of aromatic nitrogens is 2. The van der Waals surface area contributed by atoms with Gasteiger partial charge in [0.2, 0.25) is 5.95 Å². The van der Waals surface area contributed by atoms with Crippen molar-refractivity contribution < 1.29 is 14.3 Å². The predicted molar refractivity (Wildman–Crippen MR) is 132 cm³/mol. The number of halogens is 2. The molecule has 2 aliphatic rings. The minimum atomic E-state index is -0.916. The molecule has 9 heteroatoms. The summed E-state index contributed by atoms with van der Waals surface area (Å²) < 4.78 is 13.6. The largest absolute Gasteiger partial charge is 0.465 e. The maximum absolute atomic E-state index is 13.6. The Hall–Kier alpha value is -3.39. The van der Waals surface area contributed by atoms with Gasteiger partial charge in [-0.25, -0.2) is 14.2 Å². The molecule has 3 aromatic rings. The predicted octanol–water partition coefficient (Wildman–Crippen LogP) is 6.14. The van der Waals surface area contributed by atoms with E-state index in [9.17, 15) is 14.3 Å². The average Bonchev–Trinajstić information content (AvgIpc) is 3.67. The molecular formula is C25H25ClFN5O2. The van der Waals surface area contributed by atoms with Crippen LogP contribution in [0, 0.1) is 11.7 Å². The van der Waals surface area contributed by atoms with Gasteiger partial charge in [-0.1, -0.05) is 29.8 Å². The first-order chi connectivity index (χ1) is 16.4. The molecule has 7 nitrogen and oxygen atoms in total. The average molecular weight is 482 g/mol. The Morgan fingerprint density at radius 3 is 2.76 bits per heavy atom. The number of anilines is 3. The summed E-state index contributed by atoms with van der Waals surface area (Å²) in [4.78, 5) is 22.3. The number of hydrogen-bond donors (Lipinski definition) is 3. The van der Waals surface area contributed by atoms with Gasteiger partial charge in [0.05, 0.1) is 10.5 Å². The zero-order valence-electron chi connectivity index (χ0n) is 18.7. The lowest BCUT2D eigenvalue weighted by molar-refractivity contribution is 0.150. The highest BCUT2D eigenvalue weighted by atomic mass is 35.5. The van der Waals surface area contributed by atoms with Gasteiger partial charge in [0, 0.05) is 35.8 Å². The Bertz CT molecular complexity index is 1290. The lowest BCUT2D eigenvalue weighted by atomic mass is 9.97. The van der Waals surface area contributed by atoms with Crippen molar-refractivity contribution in [1.29, 1.82) is 0 Å². The van der Waals surface area contributed by atoms with Crippen molar-refractivity contribution in [2.75, 3.05) is 23.7 Å². The second kappa shape index (κ2) is 9.10. The Kier molecular flexibility index (Phi) is 6.00. The summed E-state index contributed by atoms with van der Waals surface area (Å²) >= 11 is 5.96. The van der Waals surface area contributed by atoms with Crippen molar-refractivity contribution in [1.82, 2.24) is 14.9 Å². The van der Waals surface area contributed by atoms with E-state index in [1.54, 1.807) is 6.07 Å². The molecule has 1 amide bonds. The molecule has 1 atom stereocenters. The Morgan fingerprint density at radius 1 is 1.26 bits per heavy atom. The van der Waals surface area contributed by atoms with Gasteiger partial charge in [0.25, 0.3) is 0 Å². The molecule has 1 aliphatic heterocycles. The first-order valence-corrected chi connectivity index (χ1v) is 11.7. The number of nitrogens with zero attached hydrogens (tertiary/aromatic N) is 3. The standard InChI is InChI=1S/C25H25ClFN5O2/c1-14(15-5-6-15)28-23-19-4-2-3-18(16-9-11-32(12-10-16)25(33)34)22(19)30-24(31-23)29-17-7-8-21(27)20(26)13-17/h2-4,7-9,13-15H,5-6,10-12H2,1H3,(H,33,34)(H2,28,29,30,31)/t14-/m1/s1. The molecule has 176 valence electrons. The third kappa shape index (κ3) is 4.63. The van der Waals surface area contributed by atoms with Gasteiger partial charge in [-0.15, -0.1) is 0 Å². The first kappa shape index (κ1) is 22.4. The van der Waals surface area contributed by atoms with Crippen molar-refractivity contribution in [3.8, 4) is 0 Å². The lowest BCUT2D eigenvalue weighted by Crippen LogP contribution is -2.33. The molecule has 5 rings (SSSR count). The highest BCUT2D eigenvalue weighted by Crippen LogP contribution is 2.37.